The summed E-state index contributed by atoms with van der Waals surface area (Å²) in [6.07, 6.45) is 1.69. The van der Waals surface area contributed by atoms with Crippen molar-refractivity contribution in [2.75, 3.05) is 5.32 Å². The first-order valence-electron chi connectivity index (χ1n) is 5.89. The average Bonchev–Trinajstić information content (AvgIpc) is 2.48. The maximum atomic E-state index is 5.98. The summed E-state index contributed by atoms with van der Waals surface area (Å²) >= 11 is 5.98. The highest BCUT2D eigenvalue weighted by molar-refractivity contribution is 6.33. The van der Waals surface area contributed by atoms with Crippen LogP contribution in [0.1, 0.15) is 5.56 Å². The van der Waals surface area contributed by atoms with E-state index in [1.807, 2.05) is 30.3 Å². The number of benzene rings is 1. The lowest BCUT2D eigenvalue weighted by Gasteiger charge is -2.08. The summed E-state index contributed by atoms with van der Waals surface area (Å²) in [5.74, 6) is 0.691. The third kappa shape index (κ3) is 2.48. The predicted octanol–water partition coefficient (Wildman–Crippen LogP) is 3.29. The molecular formula is C14H11ClN4. The topological polar surface area (TPSA) is 50.7 Å². The summed E-state index contributed by atoms with van der Waals surface area (Å²) in [5, 5.41) is 12.5. The van der Waals surface area contributed by atoms with Gasteiger partial charge in [0.25, 0.3) is 0 Å². The summed E-state index contributed by atoms with van der Waals surface area (Å²) < 4.78 is 0. The molecule has 0 atom stereocenters. The van der Waals surface area contributed by atoms with Crippen LogP contribution < -0.4 is 5.32 Å². The van der Waals surface area contributed by atoms with Gasteiger partial charge in [0.2, 0.25) is 0 Å². The zero-order valence-corrected chi connectivity index (χ0v) is 10.8. The number of halogens is 1. The molecule has 1 N–H and O–H groups in total. The molecule has 0 radical (unpaired) electrons. The monoisotopic (exact) mass is 270 g/mol. The molecule has 0 fully saturated rings. The van der Waals surface area contributed by atoms with E-state index in [1.165, 1.54) is 5.56 Å². The molecule has 0 saturated heterocycles. The first-order valence-corrected chi connectivity index (χ1v) is 6.27. The molecule has 1 aromatic carbocycles. The van der Waals surface area contributed by atoms with Gasteiger partial charge in [0.1, 0.15) is 5.52 Å². The van der Waals surface area contributed by atoms with Gasteiger partial charge in [-0.05, 0) is 17.7 Å². The molecule has 0 aliphatic carbocycles. The first kappa shape index (κ1) is 11.9. The van der Waals surface area contributed by atoms with Gasteiger partial charge in [0.15, 0.2) is 11.0 Å². The van der Waals surface area contributed by atoms with E-state index in [2.05, 4.69) is 32.6 Å². The average molecular weight is 271 g/mol. The molecule has 19 heavy (non-hydrogen) atoms. The number of anilines is 1. The van der Waals surface area contributed by atoms with Gasteiger partial charge in [-0.1, -0.05) is 41.9 Å². The van der Waals surface area contributed by atoms with Crippen LogP contribution in [0.3, 0.4) is 0 Å². The van der Waals surface area contributed by atoms with E-state index in [0.29, 0.717) is 23.0 Å². The highest BCUT2D eigenvalue weighted by atomic mass is 35.5. The normalized spacial score (nSPS) is 10.6. The Morgan fingerprint density at radius 3 is 2.68 bits per heavy atom. The molecule has 0 spiro atoms. The van der Waals surface area contributed by atoms with Crippen molar-refractivity contribution < 1.29 is 0 Å². The van der Waals surface area contributed by atoms with Crippen molar-refractivity contribution in [3.05, 3.63) is 59.4 Å². The number of hydrogen-bond acceptors (Lipinski definition) is 4. The number of nitrogens with zero attached hydrogens (tertiary/aromatic N) is 3. The Kier molecular flexibility index (Phi) is 3.25. The second kappa shape index (κ2) is 5.20. The van der Waals surface area contributed by atoms with E-state index in [4.69, 9.17) is 11.6 Å². The second-order valence-electron chi connectivity index (χ2n) is 4.08. The van der Waals surface area contributed by atoms with Gasteiger partial charge in [0, 0.05) is 18.1 Å². The molecule has 0 saturated carbocycles. The lowest BCUT2D eigenvalue weighted by molar-refractivity contribution is 1.01. The molecule has 4 nitrogen and oxygen atoms in total. The molecule has 0 bridgehead atoms. The van der Waals surface area contributed by atoms with Gasteiger partial charge >= 0.3 is 0 Å². The van der Waals surface area contributed by atoms with Crippen LogP contribution in [0.15, 0.2) is 48.7 Å². The molecule has 3 rings (SSSR count). The van der Waals surface area contributed by atoms with Crippen molar-refractivity contribution in [1.82, 2.24) is 15.2 Å². The SMILES string of the molecule is Clc1nnc(NCc2ccccc2)c2cccnc12. The Hall–Kier alpha value is -2.20. The maximum absolute atomic E-state index is 5.98. The molecule has 0 amide bonds. The molecule has 0 aliphatic rings. The Bertz CT molecular complexity index is 700. The third-order valence-electron chi connectivity index (χ3n) is 2.80. The second-order valence-corrected chi connectivity index (χ2v) is 4.44. The van der Waals surface area contributed by atoms with Gasteiger partial charge in [0.05, 0.1) is 0 Å². The molecule has 3 aromatic rings. The van der Waals surface area contributed by atoms with E-state index < -0.39 is 0 Å². The predicted molar refractivity (Wildman–Crippen MR) is 76.1 cm³/mol. The van der Waals surface area contributed by atoms with Crippen LogP contribution in [0.4, 0.5) is 5.82 Å². The number of nitrogens with one attached hydrogen (secondary N) is 1. The van der Waals surface area contributed by atoms with E-state index in [9.17, 15) is 0 Å². The van der Waals surface area contributed by atoms with Crippen molar-refractivity contribution in [1.29, 1.82) is 0 Å². The Labute approximate surface area is 115 Å². The van der Waals surface area contributed by atoms with Crippen molar-refractivity contribution in [2.24, 2.45) is 0 Å². The minimum absolute atomic E-state index is 0.320. The molecule has 94 valence electrons. The fraction of sp³-hybridized carbons (Fsp3) is 0.0714. The van der Waals surface area contributed by atoms with Crippen LogP contribution in [-0.4, -0.2) is 15.2 Å². The van der Waals surface area contributed by atoms with Gasteiger partial charge in [-0.3, -0.25) is 4.98 Å². The smallest absolute Gasteiger partial charge is 0.178 e. The van der Waals surface area contributed by atoms with E-state index in [1.54, 1.807) is 6.20 Å². The van der Waals surface area contributed by atoms with Gasteiger partial charge in [-0.25, -0.2) is 0 Å². The summed E-state index contributed by atoms with van der Waals surface area (Å²) in [6, 6.07) is 13.9. The molecule has 5 heteroatoms. The minimum Gasteiger partial charge on any atom is -0.364 e. The minimum atomic E-state index is 0.320. The van der Waals surface area contributed by atoms with Gasteiger partial charge in [-0.2, -0.15) is 0 Å². The van der Waals surface area contributed by atoms with Crippen molar-refractivity contribution in [3.8, 4) is 0 Å². The quantitative estimate of drug-likeness (QED) is 0.793. The maximum Gasteiger partial charge on any atom is 0.178 e. The third-order valence-corrected chi connectivity index (χ3v) is 3.05. The van der Waals surface area contributed by atoms with E-state index in [0.717, 1.165) is 5.39 Å². The highest BCUT2D eigenvalue weighted by Gasteiger charge is 2.07. The van der Waals surface area contributed by atoms with Crippen LogP contribution in [0.25, 0.3) is 10.9 Å². The number of hydrogen-bond donors (Lipinski definition) is 1. The standard InChI is InChI=1S/C14H11ClN4/c15-13-12-11(7-4-8-16-12)14(19-18-13)17-9-10-5-2-1-3-6-10/h1-8H,9H2,(H,17,19). The number of pyridine rings is 1. The summed E-state index contributed by atoms with van der Waals surface area (Å²) in [4.78, 5) is 4.22. The van der Waals surface area contributed by atoms with Crippen LogP contribution in [-0.2, 0) is 6.54 Å². The van der Waals surface area contributed by atoms with Crippen molar-refractivity contribution in [3.63, 3.8) is 0 Å². The Morgan fingerprint density at radius 2 is 1.84 bits per heavy atom. The lowest BCUT2D eigenvalue weighted by atomic mass is 10.2. The summed E-state index contributed by atoms with van der Waals surface area (Å²) in [6.45, 7) is 0.682. The molecular weight excluding hydrogens is 260 g/mol. The highest BCUT2D eigenvalue weighted by Crippen LogP contribution is 2.23. The van der Waals surface area contributed by atoms with Crippen molar-refractivity contribution in [2.45, 2.75) is 6.54 Å². The van der Waals surface area contributed by atoms with Gasteiger partial charge in [-0.15, -0.1) is 10.2 Å². The first-order chi connectivity index (χ1) is 9.34. The fourth-order valence-corrected chi connectivity index (χ4v) is 2.06. The Morgan fingerprint density at radius 1 is 1.00 bits per heavy atom. The van der Waals surface area contributed by atoms with Crippen LogP contribution in [0, 0.1) is 0 Å². The molecule has 2 aromatic heterocycles. The van der Waals surface area contributed by atoms with Gasteiger partial charge < -0.3 is 5.32 Å². The Balaban J connectivity index is 1.91. The molecule has 2 heterocycles. The van der Waals surface area contributed by atoms with E-state index in [-0.39, 0.29) is 0 Å². The number of aromatic nitrogens is 3. The van der Waals surface area contributed by atoms with Crippen LogP contribution in [0.5, 0.6) is 0 Å². The number of fused-ring (bicyclic) bond motifs is 1. The molecule has 0 unspecified atom stereocenters. The summed E-state index contributed by atoms with van der Waals surface area (Å²) in [5.41, 5.74) is 1.84. The fourth-order valence-electron chi connectivity index (χ4n) is 1.87. The molecule has 0 aliphatic heterocycles. The number of rotatable bonds is 3. The van der Waals surface area contributed by atoms with Crippen LogP contribution >= 0.6 is 11.6 Å². The summed E-state index contributed by atoms with van der Waals surface area (Å²) in [7, 11) is 0. The van der Waals surface area contributed by atoms with E-state index >= 15 is 0 Å². The zero-order valence-electron chi connectivity index (χ0n) is 10.0. The zero-order chi connectivity index (χ0) is 13.1. The largest absolute Gasteiger partial charge is 0.364 e. The van der Waals surface area contributed by atoms with Crippen LogP contribution in [0.2, 0.25) is 5.15 Å². The van der Waals surface area contributed by atoms with Crippen molar-refractivity contribution >= 4 is 28.3 Å². The lowest BCUT2D eigenvalue weighted by Crippen LogP contribution is -2.03.